The molecule has 0 unspecified atom stereocenters. The first-order valence-electron chi connectivity index (χ1n) is 8.32. The van der Waals surface area contributed by atoms with Crippen LogP contribution in [-0.4, -0.2) is 32.5 Å². The Hall–Kier alpha value is -1.09. The molecule has 0 aliphatic carbocycles. The van der Waals surface area contributed by atoms with Gasteiger partial charge in [0.25, 0.3) is 0 Å². The van der Waals surface area contributed by atoms with Gasteiger partial charge in [0.1, 0.15) is 0 Å². The molecule has 2 aromatic rings. The molecule has 0 saturated heterocycles. The summed E-state index contributed by atoms with van der Waals surface area (Å²) in [6.45, 7) is 2.02. The first-order valence-corrected chi connectivity index (χ1v) is 11.3. The van der Waals surface area contributed by atoms with Crippen molar-refractivity contribution in [3.05, 3.63) is 50.4 Å². The van der Waals surface area contributed by atoms with Gasteiger partial charge < -0.3 is 9.47 Å². The van der Waals surface area contributed by atoms with E-state index in [0.29, 0.717) is 42.9 Å². The highest BCUT2D eigenvalue weighted by atomic mass is 79.9. The minimum absolute atomic E-state index is 0.268. The third kappa shape index (κ3) is 3.40. The standard InChI is InChI=1S/C18H17Br2NO4S/c19-14-2-3-15(20)18(10-14)26(22,23)21-5-4-12-8-16-17(9-13(12)11-21)25-7-1-6-24-16/h2-3,8-10H,1,4-7,11H2. The molecule has 0 spiro atoms. The number of sulfonamides is 1. The molecule has 0 N–H and O–H groups in total. The maximum atomic E-state index is 13.1. The number of nitrogens with zero attached hydrogens (tertiary/aromatic N) is 1. The second kappa shape index (κ2) is 7.14. The van der Waals surface area contributed by atoms with Crippen molar-refractivity contribution < 1.29 is 17.9 Å². The van der Waals surface area contributed by atoms with Gasteiger partial charge in [0, 0.05) is 28.5 Å². The fourth-order valence-corrected chi connectivity index (χ4v) is 6.09. The Kier molecular flexibility index (Phi) is 5.02. The van der Waals surface area contributed by atoms with Crippen LogP contribution in [-0.2, 0) is 23.0 Å². The molecule has 5 nitrogen and oxygen atoms in total. The van der Waals surface area contributed by atoms with Crippen LogP contribution < -0.4 is 9.47 Å². The van der Waals surface area contributed by atoms with E-state index in [9.17, 15) is 8.42 Å². The predicted molar refractivity (Wildman–Crippen MR) is 105 cm³/mol. The first kappa shape index (κ1) is 18.3. The molecule has 8 heteroatoms. The highest BCUT2D eigenvalue weighted by Gasteiger charge is 2.31. The SMILES string of the molecule is O=S(=O)(c1cc(Br)ccc1Br)N1CCc2cc3c(cc2C1)OCCCO3. The average molecular weight is 503 g/mol. The topological polar surface area (TPSA) is 55.8 Å². The molecular formula is C18H17Br2NO4S. The molecule has 0 aromatic heterocycles. The molecule has 0 fully saturated rings. The Bertz CT molecular complexity index is 962. The second-order valence-electron chi connectivity index (χ2n) is 6.28. The van der Waals surface area contributed by atoms with E-state index in [0.717, 1.165) is 27.8 Å². The van der Waals surface area contributed by atoms with E-state index in [1.54, 1.807) is 18.2 Å². The Morgan fingerprint density at radius 3 is 2.38 bits per heavy atom. The van der Waals surface area contributed by atoms with Gasteiger partial charge in [-0.25, -0.2) is 8.42 Å². The van der Waals surface area contributed by atoms with Gasteiger partial charge in [0.15, 0.2) is 11.5 Å². The second-order valence-corrected chi connectivity index (χ2v) is 9.96. The summed E-state index contributed by atoms with van der Waals surface area (Å²) in [5.41, 5.74) is 2.09. The normalized spacial score (nSPS) is 17.5. The smallest absolute Gasteiger partial charge is 0.244 e. The van der Waals surface area contributed by atoms with Crippen molar-refractivity contribution in [1.82, 2.24) is 4.31 Å². The summed E-state index contributed by atoms with van der Waals surface area (Å²) in [6.07, 6.45) is 1.49. The summed E-state index contributed by atoms with van der Waals surface area (Å²) in [5, 5.41) is 0. The fraction of sp³-hybridized carbons (Fsp3) is 0.333. The van der Waals surface area contributed by atoms with Crippen LogP contribution in [0.2, 0.25) is 0 Å². The first-order chi connectivity index (χ1) is 12.4. The van der Waals surface area contributed by atoms with E-state index in [2.05, 4.69) is 31.9 Å². The summed E-state index contributed by atoms with van der Waals surface area (Å²) < 4.78 is 40.6. The van der Waals surface area contributed by atoms with E-state index in [1.807, 2.05) is 12.1 Å². The molecule has 0 amide bonds. The van der Waals surface area contributed by atoms with Gasteiger partial charge in [-0.2, -0.15) is 4.31 Å². The molecule has 0 bridgehead atoms. The van der Waals surface area contributed by atoms with Crippen molar-refractivity contribution in [2.24, 2.45) is 0 Å². The van der Waals surface area contributed by atoms with Crippen molar-refractivity contribution in [1.29, 1.82) is 0 Å². The Morgan fingerprint density at radius 2 is 1.65 bits per heavy atom. The zero-order valence-electron chi connectivity index (χ0n) is 13.9. The third-order valence-corrected chi connectivity index (χ3v) is 7.89. The molecule has 138 valence electrons. The lowest BCUT2D eigenvalue weighted by molar-refractivity contribution is 0.297. The van der Waals surface area contributed by atoms with Crippen molar-refractivity contribution in [2.45, 2.75) is 24.3 Å². The van der Waals surface area contributed by atoms with E-state index < -0.39 is 10.0 Å². The van der Waals surface area contributed by atoms with Crippen LogP contribution in [0.4, 0.5) is 0 Å². The summed E-state index contributed by atoms with van der Waals surface area (Å²) in [4.78, 5) is 0.268. The van der Waals surface area contributed by atoms with E-state index in [1.165, 1.54) is 4.31 Å². The minimum Gasteiger partial charge on any atom is -0.490 e. The summed E-state index contributed by atoms with van der Waals surface area (Å²) in [7, 11) is -3.60. The van der Waals surface area contributed by atoms with Gasteiger partial charge >= 0.3 is 0 Å². The lowest BCUT2D eigenvalue weighted by Gasteiger charge is -2.29. The zero-order valence-corrected chi connectivity index (χ0v) is 17.9. The van der Waals surface area contributed by atoms with Crippen LogP contribution in [0.3, 0.4) is 0 Å². The van der Waals surface area contributed by atoms with Crippen LogP contribution in [0.25, 0.3) is 0 Å². The molecule has 0 atom stereocenters. The van der Waals surface area contributed by atoms with Crippen LogP contribution in [0.15, 0.2) is 44.2 Å². The van der Waals surface area contributed by atoms with Gasteiger partial charge in [0.2, 0.25) is 10.0 Å². The van der Waals surface area contributed by atoms with E-state index >= 15 is 0 Å². The number of fused-ring (bicyclic) bond motifs is 2. The number of benzene rings is 2. The number of halogens is 2. The van der Waals surface area contributed by atoms with Crippen molar-refractivity contribution in [3.8, 4) is 11.5 Å². The molecule has 0 radical (unpaired) electrons. The van der Waals surface area contributed by atoms with Crippen LogP contribution >= 0.6 is 31.9 Å². The van der Waals surface area contributed by atoms with Gasteiger partial charge in [-0.3, -0.25) is 0 Å². The van der Waals surface area contributed by atoms with Crippen molar-refractivity contribution in [2.75, 3.05) is 19.8 Å². The van der Waals surface area contributed by atoms with Gasteiger partial charge in [0.05, 0.1) is 18.1 Å². The number of ether oxygens (including phenoxy) is 2. The molecule has 26 heavy (non-hydrogen) atoms. The largest absolute Gasteiger partial charge is 0.490 e. The maximum Gasteiger partial charge on any atom is 0.244 e. The monoisotopic (exact) mass is 501 g/mol. The third-order valence-electron chi connectivity index (χ3n) is 4.56. The van der Waals surface area contributed by atoms with E-state index in [4.69, 9.17) is 9.47 Å². The van der Waals surface area contributed by atoms with Crippen LogP contribution in [0.5, 0.6) is 11.5 Å². The zero-order chi connectivity index (χ0) is 18.3. The van der Waals surface area contributed by atoms with Crippen LogP contribution in [0, 0.1) is 0 Å². The van der Waals surface area contributed by atoms with Gasteiger partial charge in [-0.15, -0.1) is 0 Å². The molecular weight excluding hydrogens is 486 g/mol. The Morgan fingerprint density at radius 1 is 0.962 bits per heavy atom. The van der Waals surface area contributed by atoms with Gasteiger partial charge in [-0.1, -0.05) is 15.9 Å². The maximum absolute atomic E-state index is 13.1. The number of hydrogen-bond acceptors (Lipinski definition) is 4. The van der Waals surface area contributed by atoms with Gasteiger partial charge in [-0.05, 0) is 63.8 Å². The lowest BCUT2D eigenvalue weighted by atomic mass is 10.0. The Balaban J connectivity index is 1.68. The molecule has 2 heterocycles. The Labute approximate surface area is 169 Å². The van der Waals surface area contributed by atoms with Crippen LogP contribution in [0.1, 0.15) is 17.5 Å². The highest BCUT2D eigenvalue weighted by molar-refractivity contribution is 9.11. The molecule has 0 saturated carbocycles. The summed E-state index contributed by atoms with van der Waals surface area (Å²) in [5.74, 6) is 1.46. The summed E-state index contributed by atoms with van der Waals surface area (Å²) in [6, 6.07) is 9.09. The molecule has 4 rings (SSSR count). The van der Waals surface area contributed by atoms with E-state index in [-0.39, 0.29) is 4.90 Å². The van der Waals surface area contributed by atoms with Crippen molar-refractivity contribution in [3.63, 3.8) is 0 Å². The quantitative estimate of drug-likeness (QED) is 0.619. The fourth-order valence-electron chi connectivity index (χ4n) is 3.21. The highest BCUT2D eigenvalue weighted by Crippen LogP contribution is 2.37. The molecule has 2 aliphatic rings. The van der Waals surface area contributed by atoms with Crippen molar-refractivity contribution >= 4 is 41.9 Å². The molecule has 2 aliphatic heterocycles. The number of rotatable bonds is 2. The number of hydrogen-bond donors (Lipinski definition) is 0. The lowest BCUT2D eigenvalue weighted by Crippen LogP contribution is -2.36. The minimum atomic E-state index is -3.60. The summed E-state index contributed by atoms with van der Waals surface area (Å²) >= 11 is 6.71. The molecule has 2 aromatic carbocycles. The predicted octanol–water partition coefficient (Wildman–Crippen LogP) is 4.12. The average Bonchev–Trinajstić information content (AvgIpc) is 2.86.